The Morgan fingerprint density at radius 3 is 2.44 bits per heavy atom. The van der Waals surface area contributed by atoms with Crippen LogP contribution in [0.1, 0.15) is 30.1 Å². The second-order valence-corrected chi connectivity index (χ2v) is 4.78. The van der Waals surface area contributed by atoms with Crippen LogP contribution in [0.4, 0.5) is 0 Å². The van der Waals surface area contributed by atoms with Gasteiger partial charge in [0, 0.05) is 23.0 Å². The van der Waals surface area contributed by atoms with E-state index in [1.165, 1.54) is 35.4 Å². The van der Waals surface area contributed by atoms with E-state index in [0.29, 0.717) is 0 Å². The molecule has 2 aromatic rings. The Hall–Kier alpha value is -1.50. The van der Waals surface area contributed by atoms with Gasteiger partial charge in [-0.25, -0.2) is 0 Å². The fourth-order valence-corrected chi connectivity index (χ4v) is 2.45. The minimum absolute atomic E-state index is 0.754. The van der Waals surface area contributed by atoms with Crippen LogP contribution in [0.15, 0.2) is 36.4 Å². The molecule has 1 aromatic heterocycles. The van der Waals surface area contributed by atoms with Gasteiger partial charge in [-0.3, -0.25) is 0 Å². The lowest BCUT2D eigenvalue weighted by Gasteiger charge is -2.12. The number of nitrogens with zero attached hydrogens (tertiary/aromatic N) is 1. The first-order valence-corrected chi connectivity index (χ1v) is 6.01. The standard InChI is InChI=1S/C15H17N/c1-11-5-3-4-6-14(11)15-10-7-12(2)16(15)13-8-9-13/h3-7,10,13H,8-9H2,1-2H3. The summed E-state index contributed by atoms with van der Waals surface area (Å²) in [6, 6.07) is 13.9. The van der Waals surface area contributed by atoms with Gasteiger partial charge in [-0.15, -0.1) is 0 Å². The van der Waals surface area contributed by atoms with E-state index in [2.05, 4.69) is 54.8 Å². The zero-order valence-corrected chi connectivity index (χ0v) is 9.90. The maximum Gasteiger partial charge on any atom is 0.0487 e. The Morgan fingerprint density at radius 2 is 1.75 bits per heavy atom. The van der Waals surface area contributed by atoms with E-state index in [0.717, 1.165) is 6.04 Å². The zero-order chi connectivity index (χ0) is 11.1. The molecule has 1 heterocycles. The third kappa shape index (κ3) is 1.47. The van der Waals surface area contributed by atoms with E-state index >= 15 is 0 Å². The zero-order valence-electron chi connectivity index (χ0n) is 9.90. The summed E-state index contributed by atoms with van der Waals surface area (Å²) >= 11 is 0. The minimum atomic E-state index is 0.754. The molecule has 0 spiro atoms. The SMILES string of the molecule is Cc1ccccc1-c1ccc(C)n1C1CC1. The number of aromatic nitrogens is 1. The molecule has 1 heteroatoms. The van der Waals surface area contributed by atoms with Crippen LogP contribution in [-0.4, -0.2) is 4.57 Å². The average molecular weight is 211 g/mol. The summed E-state index contributed by atoms with van der Waals surface area (Å²) in [6.07, 6.45) is 2.68. The molecule has 82 valence electrons. The van der Waals surface area contributed by atoms with Crippen molar-refractivity contribution in [3.05, 3.63) is 47.7 Å². The largest absolute Gasteiger partial charge is 0.342 e. The van der Waals surface area contributed by atoms with Crippen LogP contribution in [0.2, 0.25) is 0 Å². The predicted molar refractivity (Wildman–Crippen MR) is 67.6 cm³/mol. The van der Waals surface area contributed by atoms with Crippen LogP contribution in [0.3, 0.4) is 0 Å². The third-order valence-corrected chi connectivity index (χ3v) is 3.45. The van der Waals surface area contributed by atoms with Crippen molar-refractivity contribution < 1.29 is 0 Å². The van der Waals surface area contributed by atoms with Gasteiger partial charge in [-0.2, -0.15) is 0 Å². The topological polar surface area (TPSA) is 4.93 Å². The molecular weight excluding hydrogens is 194 g/mol. The van der Waals surface area contributed by atoms with Crippen molar-refractivity contribution in [2.75, 3.05) is 0 Å². The first kappa shape index (κ1) is 9.71. The van der Waals surface area contributed by atoms with Crippen LogP contribution in [-0.2, 0) is 0 Å². The molecule has 0 unspecified atom stereocenters. The lowest BCUT2D eigenvalue weighted by atomic mass is 10.1. The van der Waals surface area contributed by atoms with Crippen molar-refractivity contribution in [3.63, 3.8) is 0 Å². The molecule has 1 nitrogen and oxygen atoms in total. The van der Waals surface area contributed by atoms with Gasteiger partial charge in [-0.05, 0) is 44.4 Å². The molecule has 1 aromatic carbocycles. The van der Waals surface area contributed by atoms with Crippen molar-refractivity contribution in [2.45, 2.75) is 32.7 Å². The summed E-state index contributed by atoms with van der Waals surface area (Å²) in [4.78, 5) is 0. The maximum atomic E-state index is 2.50. The summed E-state index contributed by atoms with van der Waals surface area (Å²) in [5.41, 5.74) is 5.52. The van der Waals surface area contributed by atoms with Crippen molar-refractivity contribution in [1.29, 1.82) is 0 Å². The van der Waals surface area contributed by atoms with Gasteiger partial charge in [-0.1, -0.05) is 24.3 Å². The molecule has 3 rings (SSSR count). The summed E-state index contributed by atoms with van der Waals surface area (Å²) in [6.45, 7) is 4.40. The minimum Gasteiger partial charge on any atom is -0.342 e. The molecule has 0 bridgehead atoms. The number of benzene rings is 1. The molecular formula is C15H17N. The monoisotopic (exact) mass is 211 g/mol. The first-order valence-electron chi connectivity index (χ1n) is 6.01. The molecule has 16 heavy (non-hydrogen) atoms. The molecule has 0 radical (unpaired) electrons. The Labute approximate surface area is 96.7 Å². The molecule has 1 aliphatic carbocycles. The van der Waals surface area contributed by atoms with Crippen LogP contribution in [0, 0.1) is 13.8 Å². The predicted octanol–water partition coefficient (Wildman–Crippen LogP) is 4.11. The summed E-state index contributed by atoms with van der Waals surface area (Å²) in [7, 11) is 0. The van der Waals surface area contributed by atoms with E-state index in [9.17, 15) is 0 Å². The highest BCUT2D eigenvalue weighted by Gasteiger charge is 2.26. The quantitative estimate of drug-likeness (QED) is 0.704. The average Bonchev–Trinajstić information content (AvgIpc) is 3.04. The first-order chi connectivity index (χ1) is 7.77. The van der Waals surface area contributed by atoms with Crippen LogP contribution in [0.25, 0.3) is 11.3 Å². The van der Waals surface area contributed by atoms with Gasteiger partial charge < -0.3 is 4.57 Å². The van der Waals surface area contributed by atoms with Crippen LogP contribution >= 0.6 is 0 Å². The fraction of sp³-hybridized carbons (Fsp3) is 0.333. The maximum absolute atomic E-state index is 2.50. The second-order valence-electron chi connectivity index (χ2n) is 4.78. The number of aryl methyl sites for hydroxylation is 2. The Bertz CT molecular complexity index is 518. The summed E-state index contributed by atoms with van der Waals surface area (Å²) in [5, 5.41) is 0. The van der Waals surface area contributed by atoms with Gasteiger partial charge in [0.1, 0.15) is 0 Å². The number of hydrogen-bond donors (Lipinski definition) is 0. The van der Waals surface area contributed by atoms with Gasteiger partial charge in [0.25, 0.3) is 0 Å². The lowest BCUT2D eigenvalue weighted by molar-refractivity contribution is 0.730. The molecule has 0 amide bonds. The Morgan fingerprint density at radius 1 is 1.00 bits per heavy atom. The highest BCUT2D eigenvalue weighted by molar-refractivity contribution is 5.65. The normalized spacial score (nSPS) is 15.4. The van der Waals surface area contributed by atoms with E-state index in [1.54, 1.807) is 0 Å². The summed E-state index contributed by atoms with van der Waals surface area (Å²) in [5.74, 6) is 0. The smallest absolute Gasteiger partial charge is 0.0487 e. The molecule has 0 saturated heterocycles. The molecule has 1 saturated carbocycles. The number of hydrogen-bond acceptors (Lipinski definition) is 0. The molecule has 0 N–H and O–H groups in total. The van der Waals surface area contributed by atoms with E-state index in [-0.39, 0.29) is 0 Å². The Kier molecular flexibility index (Phi) is 2.13. The third-order valence-electron chi connectivity index (χ3n) is 3.45. The van der Waals surface area contributed by atoms with Crippen molar-refractivity contribution in [2.24, 2.45) is 0 Å². The highest BCUT2D eigenvalue weighted by Crippen LogP contribution is 2.40. The van der Waals surface area contributed by atoms with Crippen LogP contribution < -0.4 is 0 Å². The van der Waals surface area contributed by atoms with Crippen molar-refractivity contribution in [3.8, 4) is 11.3 Å². The highest BCUT2D eigenvalue weighted by atomic mass is 15.1. The fourth-order valence-electron chi connectivity index (χ4n) is 2.45. The van der Waals surface area contributed by atoms with E-state index < -0.39 is 0 Å². The van der Waals surface area contributed by atoms with Crippen LogP contribution in [0.5, 0.6) is 0 Å². The molecule has 1 aliphatic rings. The van der Waals surface area contributed by atoms with Gasteiger partial charge in [0.05, 0.1) is 0 Å². The van der Waals surface area contributed by atoms with Gasteiger partial charge >= 0.3 is 0 Å². The van der Waals surface area contributed by atoms with E-state index in [4.69, 9.17) is 0 Å². The van der Waals surface area contributed by atoms with Gasteiger partial charge in [0.15, 0.2) is 0 Å². The van der Waals surface area contributed by atoms with Crippen molar-refractivity contribution in [1.82, 2.24) is 4.57 Å². The lowest BCUT2D eigenvalue weighted by Crippen LogP contribution is -1.99. The molecule has 0 atom stereocenters. The molecule has 0 aliphatic heterocycles. The van der Waals surface area contributed by atoms with E-state index in [1.807, 2.05) is 0 Å². The van der Waals surface area contributed by atoms with Crippen molar-refractivity contribution >= 4 is 0 Å². The second kappa shape index (κ2) is 3.51. The Balaban J connectivity index is 2.16. The molecule has 1 fully saturated rings. The summed E-state index contributed by atoms with van der Waals surface area (Å²) < 4.78 is 2.50. The van der Waals surface area contributed by atoms with Gasteiger partial charge in [0.2, 0.25) is 0 Å². The number of rotatable bonds is 2.